The molecule has 0 unspecified atom stereocenters. The smallest absolute Gasteiger partial charge is 0.243 e. The van der Waals surface area contributed by atoms with Gasteiger partial charge in [0.25, 0.3) is 0 Å². The van der Waals surface area contributed by atoms with Crippen molar-refractivity contribution in [3.63, 3.8) is 0 Å². The van der Waals surface area contributed by atoms with Gasteiger partial charge in [-0.1, -0.05) is 6.07 Å². The summed E-state index contributed by atoms with van der Waals surface area (Å²) in [5.74, 6) is 0.522. The third-order valence-electron chi connectivity index (χ3n) is 4.13. The molecule has 1 spiro atoms. The number of ether oxygens (including phenoxy) is 3. The molecule has 1 atom stereocenters. The van der Waals surface area contributed by atoms with Crippen LogP contribution < -0.4 is 10.1 Å². The molecular formula is C15H22N2O5S. The Morgan fingerprint density at radius 3 is 3.04 bits per heavy atom. The molecule has 0 aliphatic carbocycles. The Bertz CT molecular complexity index is 641. The molecule has 0 saturated carbocycles. The zero-order chi connectivity index (χ0) is 16.3. The first-order valence-corrected chi connectivity index (χ1v) is 9.06. The Kier molecular flexibility index (Phi) is 4.88. The second kappa shape index (κ2) is 6.74. The summed E-state index contributed by atoms with van der Waals surface area (Å²) in [7, 11) is -2.07. The fourth-order valence-electron chi connectivity index (χ4n) is 2.89. The van der Waals surface area contributed by atoms with Gasteiger partial charge in [0, 0.05) is 32.2 Å². The van der Waals surface area contributed by atoms with Gasteiger partial charge in [-0.25, -0.2) is 8.42 Å². The van der Waals surface area contributed by atoms with Crippen LogP contribution in [0.5, 0.6) is 5.75 Å². The molecule has 23 heavy (non-hydrogen) atoms. The van der Waals surface area contributed by atoms with Crippen LogP contribution in [0.4, 0.5) is 0 Å². The SMILES string of the molecule is COc1cccc(S(=O)(=O)N2CCO[C@]3(CNCCOC3)C2)c1. The molecular weight excluding hydrogens is 320 g/mol. The Hall–Kier alpha value is -1.19. The van der Waals surface area contributed by atoms with Crippen molar-refractivity contribution in [1.29, 1.82) is 0 Å². The first-order chi connectivity index (χ1) is 11.1. The number of morpholine rings is 1. The minimum atomic E-state index is -3.59. The second-order valence-corrected chi connectivity index (χ2v) is 7.72. The Morgan fingerprint density at radius 1 is 1.35 bits per heavy atom. The maximum absolute atomic E-state index is 12.9. The molecule has 2 aliphatic rings. The quantitative estimate of drug-likeness (QED) is 0.838. The molecule has 0 amide bonds. The van der Waals surface area contributed by atoms with Crippen LogP contribution in [-0.4, -0.2) is 71.4 Å². The summed E-state index contributed by atoms with van der Waals surface area (Å²) < 4.78 is 43.9. The second-order valence-electron chi connectivity index (χ2n) is 5.78. The molecule has 7 nitrogen and oxygen atoms in total. The van der Waals surface area contributed by atoms with Gasteiger partial charge in [-0.05, 0) is 12.1 Å². The van der Waals surface area contributed by atoms with Crippen LogP contribution in [0.15, 0.2) is 29.2 Å². The van der Waals surface area contributed by atoms with Crippen LogP contribution in [-0.2, 0) is 19.5 Å². The number of rotatable bonds is 3. The number of hydrogen-bond donors (Lipinski definition) is 1. The third-order valence-corrected chi connectivity index (χ3v) is 5.97. The van der Waals surface area contributed by atoms with Crippen molar-refractivity contribution in [2.45, 2.75) is 10.5 Å². The summed E-state index contributed by atoms with van der Waals surface area (Å²) in [4.78, 5) is 0.233. The van der Waals surface area contributed by atoms with Crippen molar-refractivity contribution in [1.82, 2.24) is 9.62 Å². The Balaban J connectivity index is 1.84. The average molecular weight is 342 g/mol. The first-order valence-electron chi connectivity index (χ1n) is 7.62. The molecule has 8 heteroatoms. The van der Waals surface area contributed by atoms with Crippen molar-refractivity contribution in [3.05, 3.63) is 24.3 Å². The lowest BCUT2D eigenvalue weighted by Crippen LogP contribution is -2.59. The van der Waals surface area contributed by atoms with E-state index in [2.05, 4.69) is 5.32 Å². The fourth-order valence-corrected chi connectivity index (χ4v) is 4.42. The largest absolute Gasteiger partial charge is 0.497 e. The number of sulfonamides is 1. The van der Waals surface area contributed by atoms with Crippen LogP contribution in [0.3, 0.4) is 0 Å². The normalized spacial score (nSPS) is 26.8. The third kappa shape index (κ3) is 3.51. The van der Waals surface area contributed by atoms with E-state index in [1.165, 1.54) is 11.4 Å². The van der Waals surface area contributed by atoms with Crippen LogP contribution in [0.1, 0.15) is 0 Å². The van der Waals surface area contributed by atoms with E-state index in [0.717, 1.165) is 6.54 Å². The highest BCUT2D eigenvalue weighted by Crippen LogP contribution is 2.26. The zero-order valence-corrected chi connectivity index (χ0v) is 14.0. The average Bonchev–Trinajstić information content (AvgIpc) is 2.80. The van der Waals surface area contributed by atoms with E-state index in [4.69, 9.17) is 14.2 Å². The lowest BCUT2D eigenvalue weighted by molar-refractivity contribution is -0.118. The standard InChI is InChI=1S/C15H22N2O5S/c1-20-13-3-2-4-14(9-13)23(18,19)17-6-8-22-15(11-17)10-16-5-7-21-12-15/h2-4,9,16H,5-8,10-12H2,1H3/t15-/m1/s1. The summed E-state index contributed by atoms with van der Waals surface area (Å²) in [5.41, 5.74) is -0.624. The molecule has 0 radical (unpaired) electrons. The van der Waals surface area contributed by atoms with Crippen molar-refractivity contribution in [2.24, 2.45) is 0 Å². The lowest BCUT2D eigenvalue weighted by atomic mass is 10.0. The van der Waals surface area contributed by atoms with Crippen molar-refractivity contribution in [3.8, 4) is 5.75 Å². The number of methoxy groups -OCH3 is 1. The van der Waals surface area contributed by atoms with Gasteiger partial charge in [-0.15, -0.1) is 0 Å². The van der Waals surface area contributed by atoms with Gasteiger partial charge in [-0.2, -0.15) is 4.31 Å². The van der Waals surface area contributed by atoms with Crippen molar-refractivity contribution < 1.29 is 22.6 Å². The zero-order valence-electron chi connectivity index (χ0n) is 13.2. The number of nitrogens with one attached hydrogen (secondary N) is 1. The minimum absolute atomic E-state index is 0.233. The topological polar surface area (TPSA) is 77.1 Å². The van der Waals surface area contributed by atoms with Crippen LogP contribution in [0.25, 0.3) is 0 Å². The number of benzene rings is 1. The lowest BCUT2D eigenvalue weighted by Gasteiger charge is -2.41. The van der Waals surface area contributed by atoms with E-state index in [1.807, 2.05) is 0 Å². The fraction of sp³-hybridized carbons (Fsp3) is 0.600. The molecule has 0 bridgehead atoms. The molecule has 2 heterocycles. The maximum Gasteiger partial charge on any atom is 0.243 e. The number of nitrogens with zero attached hydrogens (tertiary/aromatic N) is 1. The van der Waals surface area contributed by atoms with E-state index in [9.17, 15) is 8.42 Å². The van der Waals surface area contributed by atoms with E-state index < -0.39 is 15.6 Å². The number of hydrogen-bond acceptors (Lipinski definition) is 6. The van der Waals surface area contributed by atoms with E-state index in [1.54, 1.807) is 24.3 Å². The molecule has 1 aromatic carbocycles. The van der Waals surface area contributed by atoms with Crippen molar-refractivity contribution in [2.75, 3.05) is 53.1 Å². The molecule has 1 aromatic rings. The molecule has 128 valence electrons. The molecule has 2 fully saturated rings. The first kappa shape index (κ1) is 16.7. The molecule has 1 N–H and O–H groups in total. The van der Waals surface area contributed by atoms with Gasteiger partial charge in [0.1, 0.15) is 11.4 Å². The van der Waals surface area contributed by atoms with Gasteiger partial charge >= 0.3 is 0 Å². The maximum atomic E-state index is 12.9. The predicted molar refractivity (Wildman–Crippen MR) is 84.1 cm³/mol. The van der Waals surface area contributed by atoms with E-state index >= 15 is 0 Å². The Labute approximate surface area is 136 Å². The minimum Gasteiger partial charge on any atom is -0.497 e. The van der Waals surface area contributed by atoms with Gasteiger partial charge in [-0.3, -0.25) is 0 Å². The van der Waals surface area contributed by atoms with Gasteiger partial charge in [0.2, 0.25) is 10.0 Å². The van der Waals surface area contributed by atoms with E-state index in [-0.39, 0.29) is 11.4 Å². The highest BCUT2D eigenvalue weighted by molar-refractivity contribution is 7.89. The summed E-state index contributed by atoms with van der Waals surface area (Å²) in [6.07, 6.45) is 0. The van der Waals surface area contributed by atoms with Crippen LogP contribution in [0.2, 0.25) is 0 Å². The highest BCUT2D eigenvalue weighted by atomic mass is 32.2. The summed E-state index contributed by atoms with van der Waals surface area (Å²) in [6, 6.07) is 6.53. The monoisotopic (exact) mass is 342 g/mol. The predicted octanol–water partition coefficient (Wildman–Crippen LogP) is 0.0747. The summed E-state index contributed by atoms with van der Waals surface area (Å²) in [6.45, 7) is 3.29. The summed E-state index contributed by atoms with van der Waals surface area (Å²) in [5, 5.41) is 3.25. The Morgan fingerprint density at radius 2 is 2.22 bits per heavy atom. The van der Waals surface area contributed by atoms with Crippen molar-refractivity contribution >= 4 is 10.0 Å². The molecule has 0 aromatic heterocycles. The van der Waals surface area contributed by atoms with Crippen LogP contribution in [0, 0.1) is 0 Å². The van der Waals surface area contributed by atoms with Gasteiger partial charge in [0.15, 0.2) is 0 Å². The van der Waals surface area contributed by atoms with Gasteiger partial charge in [0.05, 0.1) is 31.8 Å². The summed E-state index contributed by atoms with van der Waals surface area (Å²) >= 11 is 0. The molecule has 3 rings (SSSR count). The van der Waals surface area contributed by atoms with Crippen LogP contribution >= 0.6 is 0 Å². The van der Waals surface area contributed by atoms with E-state index in [0.29, 0.717) is 38.7 Å². The van der Waals surface area contributed by atoms with Gasteiger partial charge < -0.3 is 19.5 Å². The molecule has 2 saturated heterocycles. The highest BCUT2D eigenvalue weighted by Gasteiger charge is 2.42. The molecule has 2 aliphatic heterocycles.